The highest BCUT2D eigenvalue weighted by Crippen LogP contribution is 2.16. The predicted molar refractivity (Wildman–Crippen MR) is 78.0 cm³/mol. The van der Waals surface area contributed by atoms with Gasteiger partial charge in [0.2, 0.25) is 0 Å². The molecule has 0 spiro atoms. The molecule has 18 heavy (non-hydrogen) atoms. The number of aliphatic hydroxyl groups is 1. The fraction of sp³-hybridized carbons (Fsp3) is 0.571. The fourth-order valence-corrected chi connectivity index (χ4v) is 1.93. The quantitative estimate of drug-likeness (QED) is 0.775. The van der Waals surface area contributed by atoms with Gasteiger partial charge in [0, 0.05) is 17.1 Å². The zero-order chi connectivity index (χ0) is 13.4. The first-order valence-corrected chi connectivity index (χ1v) is 7.24. The second-order valence-corrected chi connectivity index (χ2v) is 5.26. The summed E-state index contributed by atoms with van der Waals surface area (Å²) in [6.45, 7) is 5.18. The van der Waals surface area contributed by atoms with E-state index in [-0.39, 0.29) is 0 Å². The Morgan fingerprint density at radius 2 is 1.83 bits per heavy atom. The third kappa shape index (κ3) is 5.85. The number of rotatable bonds is 8. The van der Waals surface area contributed by atoms with Crippen LogP contribution in [0, 0.1) is 0 Å². The van der Waals surface area contributed by atoms with Gasteiger partial charge in [0.1, 0.15) is 18.5 Å². The summed E-state index contributed by atoms with van der Waals surface area (Å²) in [6, 6.07) is 8.08. The minimum Gasteiger partial charge on any atom is -0.491 e. The second kappa shape index (κ2) is 8.51. The molecule has 0 unspecified atom stereocenters. The number of hydrogen-bond acceptors (Lipinski definition) is 3. The summed E-state index contributed by atoms with van der Waals surface area (Å²) in [5.41, 5.74) is 0. The lowest BCUT2D eigenvalue weighted by atomic mass is 10.1. The Balaban J connectivity index is 2.24. The van der Waals surface area contributed by atoms with Gasteiger partial charge < -0.3 is 15.2 Å². The van der Waals surface area contributed by atoms with E-state index < -0.39 is 6.10 Å². The number of halogens is 1. The van der Waals surface area contributed by atoms with Crippen LogP contribution in [0.15, 0.2) is 28.7 Å². The van der Waals surface area contributed by atoms with Crippen LogP contribution in [0.1, 0.15) is 26.7 Å². The number of benzene rings is 1. The summed E-state index contributed by atoms with van der Waals surface area (Å²) in [4.78, 5) is 0. The van der Waals surface area contributed by atoms with Gasteiger partial charge >= 0.3 is 0 Å². The zero-order valence-corrected chi connectivity index (χ0v) is 12.6. The highest BCUT2D eigenvalue weighted by molar-refractivity contribution is 9.10. The molecule has 0 amide bonds. The minimum absolute atomic E-state index is 0.314. The van der Waals surface area contributed by atoms with Crippen LogP contribution in [0.2, 0.25) is 0 Å². The molecule has 1 rings (SSSR count). The highest BCUT2D eigenvalue weighted by atomic mass is 79.9. The summed E-state index contributed by atoms with van der Waals surface area (Å²) in [6.07, 6.45) is 1.68. The molecule has 0 saturated carbocycles. The van der Waals surface area contributed by atoms with Crippen molar-refractivity contribution in [2.75, 3.05) is 13.2 Å². The largest absolute Gasteiger partial charge is 0.491 e. The predicted octanol–water partition coefficient (Wildman–Crippen LogP) is 2.97. The van der Waals surface area contributed by atoms with Crippen molar-refractivity contribution >= 4 is 15.9 Å². The molecule has 0 aliphatic carbocycles. The Morgan fingerprint density at radius 1 is 1.22 bits per heavy atom. The SMILES string of the molecule is CCC(CC)NC[C@@H](O)COc1ccc(Br)cc1. The maximum absolute atomic E-state index is 9.81. The van der Waals surface area contributed by atoms with E-state index in [4.69, 9.17) is 4.74 Å². The van der Waals surface area contributed by atoms with E-state index >= 15 is 0 Å². The monoisotopic (exact) mass is 315 g/mol. The maximum Gasteiger partial charge on any atom is 0.119 e. The Morgan fingerprint density at radius 3 is 2.39 bits per heavy atom. The Kier molecular flexibility index (Phi) is 7.32. The van der Waals surface area contributed by atoms with Crippen LogP contribution >= 0.6 is 15.9 Å². The molecule has 0 heterocycles. The van der Waals surface area contributed by atoms with Crippen LogP contribution in [0.5, 0.6) is 5.75 Å². The average Bonchev–Trinajstić information content (AvgIpc) is 2.39. The molecular formula is C14H22BrNO2. The Bertz CT molecular complexity index is 325. The van der Waals surface area contributed by atoms with E-state index in [1.54, 1.807) is 0 Å². The summed E-state index contributed by atoms with van der Waals surface area (Å²) in [5, 5.41) is 13.1. The van der Waals surface area contributed by atoms with E-state index in [0.717, 1.165) is 23.1 Å². The number of aliphatic hydroxyl groups excluding tert-OH is 1. The smallest absolute Gasteiger partial charge is 0.119 e. The Hall–Kier alpha value is -0.580. The number of hydrogen-bond donors (Lipinski definition) is 2. The molecule has 102 valence electrons. The summed E-state index contributed by atoms with van der Waals surface area (Å²) >= 11 is 3.37. The lowest BCUT2D eigenvalue weighted by Gasteiger charge is -2.18. The van der Waals surface area contributed by atoms with Crippen LogP contribution in [-0.2, 0) is 0 Å². The van der Waals surface area contributed by atoms with E-state index in [0.29, 0.717) is 19.2 Å². The number of nitrogens with one attached hydrogen (secondary N) is 1. The molecule has 1 aromatic rings. The van der Waals surface area contributed by atoms with Gasteiger partial charge in [-0.25, -0.2) is 0 Å². The van der Waals surface area contributed by atoms with Gasteiger partial charge in [-0.15, -0.1) is 0 Å². The molecule has 1 atom stereocenters. The van der Waals surface area contributed by atoms with Crippen LogP contribution in [0.4, 0.5) is 0 Å². The molecule has 0 aliphatic heterocycles. The molecule has 2 N–H and O–H groups in total. The van der Waals surface area contributed by atoms with E-state index in [2.05, 4.69) is 35.1 Å². The molecule has 0 saturated heterocycles. The summed E-state index contributed by atoms with van der Waals surface area (Å²) in [7, 11) is 0. The normalized spacial score (nSPS) is 12.7. The van der Waals surface area contributed by atoms with Crippen LogP contribution in [0.25, 0.3) is 0 Å². The van der Waals surface area contributed by atoms with Gasteiger partial charge in [-0.05, 0) is 37.1 Å². The summed E-state index contributed by atoms with van der Waals surface area (Å²) in [5.74, 6) is 0.778. The zero-order valence-electron chi connectivity index (χ0n) is 11.0. The molecule has 0 aromatic heterocycles. The van der Waals surface area contributed by atoms with Crippen molar-refractivity contribution in [3.63, 3.8) is 0 Å². The number of ether oxygens (including phenoxy) is 1. The standard InChI is InChI=1S/C14H22BrNO2/c1-3-12(4-2)16-9-13(17)10-18-14-7-5-11(15)6-8-14/h5-8,12-13,16-17H,3-4,9-10H2,1-2H3/t13-/m1/s1. The molecule has 3 nitrogen and oxygen atoms in total. The van der Waals surface area contributed by atoms with Gasteiger partial charge in [-0.3, -0.25) is 0 Å². The van der Waals surface area contributed by atoms with E-state index in [1.807, 2.05) is 24.3 Å². The topological polar surface area (TPSA) is 41.5 Å². The first-order valence-electron chi connectivity index (χ1n) is 6.45. The van der Waals surface area contributed by atoms with Crippen LogP contribution in [-0.4, -0.2) is 30.4 Å². The van der Waals surface area contributed by atoms with Crippen molar-refractivity contribution in [2.24, 2.45) is 0 Å². The molecule has 0 aliphatic rings. The first kappa shape index (κ1) is 15.5. The van der Waals surface area contributed by atoms with Crippen molar-refractivity contribution in [1.82, 2.24) is 5.32 Å². The van der Waals surface area contributed by atoms with Crippen LogP contribution in [0.3, 0.4) is 0 Å². The van der Waals surface area contributed by atoms with Gasteiger partial charge in [0.25, 0.3) is 0 Å². The third-order valence-electron chi connectivity index (χ3n) is 2.88. The van der Waals surface area contributed by atoms with Crippen LogP contribution < -0.4 is 10.1 Å². The fourth-order valence-electron chi connectivity index (χ4n) is 1.66. The maximum atomic E-state index is 9.81. The van der Waals surface area contributed by atoms with Gasteiger partial charge in [-0.2, -0.15) is 0 Å². The first-order chi connectivity index (χ1) is 8.65. The van der Waals surface area contributed by atoms with Gasteiger partial charge in [0.15, 0.2) is 0 Å². The van der Waals surface area contributed by atoms with Crippen molar-refractivity contribution in [2.45, 2.75) is 38.8 Å². The summed E-state index contributed by atoms with van der Waals surface area (Å²) < 4.78 is 6.53. The van der Waals surface area contributed by atoms with E-state index in [9.17, 15) is 5.11 Å². The van der Waals surface area contributed by atoms with Crippen molar-refractivity contribution < 1.29 is 9.84 Å². The third-order valence-corrected chi connectivity index (χ3v) is 3.41. The van der Waals surface area contributed by atoms with Crippen molar-refractivity contribution in [1.29, 1.82) is 0 Å². The lowest BCUT2D eigenvalue weighted by Crippen LogP contribution is -2.37. The van der Waals surface area contributed by atoms with Crippen molar-refractivity contribution in [3.05, 3.63) is 28.7 Å². The van der Waals surface area contributed by atoms with E-state index in [1.165, 1.54) is 0 Å². The molecule has 0 radical (unpaired) electrons. The second-order valence-electron chi connectivity index (χ2n) is 4.34. The molecular weight excluding hydrogens is 294 g/mol. The molecule has 1 aromatic carbocycles. The van der Waals surface area contributed by atoms with Crippen molar-refractivity contribution in [3.8, 4) is 5.75 Å². The average molecular weight is 316 g/mol. The molecule has 4 heteroatoms. The minimum atomic E-state index is -0.478. The lowest BCUT2D eigenvalue weighted by molar-refractivity contribution is 0.103. The van der Waals surface area contributed by atoms with Gasteiger partial charge in [0.05, 0.1) is 0 Å². The molecule has 0 fully saturated rings. The Labute approximate surface area is 118 Å². The highest BCUT2D eigenvalue weighted by Gasteiger charge is 2.08. The van der Waals surface area contributed by atoms with Gasteiger partial charge in [-0.1, -0.05) is 29.8 Å². The molecule has 0 bridgehead atoms.